The molecule has 2 aliphatic rings. The SMILES string of the molecule is CCNC1CC2(CCCC(OC)C2)Oc2ccccc21. The first-order chi connectivity index (χ1) is 9.76. The van der Waals surface area contributed by atoms with Crippen LogP contribution in [-0.4, -0.2) is 25.4 Å². The Balaban J connectivity index is 1.88. The first kappa shape index (κ1) is 13.9. The highest BCUT2D eigenvalue weighted by Crippen LogP contribution is 2.46. The lowest BCUT2D eigenvalue weighted by molar-refractivity contribution is -0.0601. The third-order valence-corrected chi connectivity index (χ3v) is 4.74. The smallest absolute Gasteiger partial charge is 0.124 e. The fraction of sp³-hybridized carbons (Fsp3) is 0.647. The van der Waals surface area contributed by atoms with Crippen LogP contribution in [0.3, 0.4) is 0 Å². The van der Waals surface area contributed by atoms with Crippen LogP contribution in [0.1, 0.15) is 50.6 Å². The van der Waals surface area contributed by atoms with Gasteiger partial charge in [0.2, 0.25) is 0 Å². The van der Waals surface area contributed by atoms with Gasteiger partial charge in [-0.2, -0.15) is 0 Å². The number of methoxy groups -OCH3 is 1. The normalized spacial score (nSPS) is 32.7. The lowest BCUT2D eigenvalue weighted by Crippen LogP contribution is -2.48. The van der Waals surface area contributed by atoms with Gasteiger partial charge in [-0.05, 0) is 31.9 Å². The molecule has 1 aliphatic carbocycles. The Morgan fingerprint density at radius 1 is 1.35 bits per heavy atom. The molecule has 1 aromatic rings. The first-order valence-corrected chi connectivity index (χ1v) is 7.80. The van der Waals surface area contributed by atoms with Crippen molar-refractivity contribution in [1.82, 2.24) is 5.32 Å². The minimum absolute atomic E-state index is 0.0416. The van der Waals surface area contributed by atoms with Crippen LogP contribution in [0.4, 0.5) is 0 Å². The quantitative estimate of drug-likeness (QED) is 0.916. The van der Waals surface area contributed by atoms with Gasteiger partial charge in [0.15, 0.2) is 0 Å². The third kappa shape index (κ3) is 2.57. The number of hydrogen-bond acceptors (Lipinski definition) is 3. The second-order valence-electron chi connectivity index (χ2n) is 6.09. The standard InChI is InChI=1S/C17H25NO2/c1-3-18-15-12-17(10-6-7-13(11-17)19-2)20-16-9-5-4-8-14(15)16/h4-5,8-9,13,15,18H,3,6-7,10-12H2,1-2H3. The highest BCUT2D eigenvalue weighted by atomic mass is 16.5. The highest BCUT2D eigenvalue weighted by molar-refractivity contribution is 5.39. The molecule has 1 saturated carbocycles. The number of benzene rings is 1. The average Bonchev–Trinajstić information content (AvgIpc) is 2.47. The third-order valence-electron chi connectivity index (χ3n) is 4.74. The van der Waals surface area contributed by atoms with E-state index in [-0.39, 0.29) is 5.60 Å². The first-order valence-electron chi connectivity index (χ1n) is 7.80. The highest BCUT2D eigenvalue weighted by Gasteiger charge is 2.44. The zero-order valence-electron chi connectivity index (χ0n) is 12.5. The molecule has 3 atom stereocenters. The summed E-state index contributed by atoms with van der Waals surface area (Å²) in [6, 6.07) is 8.87. The summed E-state index contributed by atoms with van der Waals surface area (Å²) in [5.41, 5.74) is 1.26. The summed E-state index contributed by atoms with van der Waals surface area (Å²) in [4.78, 5) is 0. The van der Waals surface area contributed by atoms with Crippen LogP contribution in [0.5, 0.6) is 5.75 Å². The van der Waals surface area contributed by atoms with E-state index in [4.69, 9.17) is 9.47 Å². The molecule has 110 valence electrons. The zero-order valence-corrected chi connectivity index (χ0v) is 12.5. The van der Waals surface area contributed by atoms with Crippen molar-refractivity contribution in [3.05, 3.63) is 29.8 Å². The largest absolute Gasteiger partial charge is 0.487 e. The topological polar surface area (TPSA) is 30.5 Å². The van der Waals surface area contributed by atoms with Crippen LogP contribution >= 0.6 is 0 Å². The van der Waals surface area contributed by atoms with Crippen molar-refractivity contribution in [1.29, 1.82) is 0 Å². The molecule has 1 spiro atoms. The summed E-state index contributed by atoms with van der Waals surface area (Å²) in [5, 5.41) is 3.62. The summed E-state index contributed by atoms with van der Waals surface area (Å²) in [7, 11) is 1.82. The predicted molar refractivity (Wildman–Crippen MR) is 80.1 cm³/mol. The molecule has 0 radical (unpaired) electrons. The molecule has 0 aromatic heterocycles. The molecule has 1 heterocycles. The Morgan fingerprint density at radius 3 is 3.00 bits per heavy atom. The number of para-hydroxylation sites is 1. The number of rotatable bonds is 3. The Hall–Kier alpha value is -1.06. The molecule has 1 aliphatic heterocycles. The molecule has 3 heteroatoms. The maximum Gasteiger partial charge on any atom is 0.124 e. The summed E-state index contributed by atoms with van der Waals surface area (Å²) >= 11 is 0. The molecule has 0 bridgehead atoms. The second kappa shape index (κ2) is 5.74. The van der Waals surface area contributed by atoms with Crippen molar-refractivity contribution in [3.63, 3.8) is 0 Å². The van der Waals surface area contributed by atoms with Crippen LogP contribution < -0.4 is 10.1 Å². The van der Waals surface area contributed by atoms with E-state index in [0.717, 1.165) is 38.0 Å². The second-order valence-corrected chi connectivity index (χ2v) is 6.09. The number of hydrogen-bond donors (Lipinski definition) is 1. The van der Waals surface area contributed by atoms with Gasteiger partial charge in [-0.15, -0.1) is 0 Å². The summed E-state index contributed by atoms with van der Waals surface area (Å²) in [5.74, 6) is 1.06. The Labute approximate surface area is 121 Å². The van der Waals surface area contributed by atoms with Gasteiger partial charge >= 0.3 is 0 Å². The summed E-state index contributed by atoms with van der Waals surface area (Å²) in [6.45, 7) is 3.16. The maximum absolute atomic E-state index is 6.45. The van der Waals surface area contributed by atoms with Crippen LogP contribution in [0.25, 0.3) is 0 Å². The van der Waals surface area contributed by atoms with Crippen LogP contribution in [-0.2, 0) is 4.74 Å². The molecule has 3 rings (SSSR count). The fourth-order valence-electron chi connectivity index (χ4n) is 3.80. The van der Waals surface area contributed by atoms with Gasteiger partial charge in [-0.25, -0.2) is 0 Å². The predicted octanol–water partition coefficient (Wildman–Crippen LogP) is 3.45. The fourth-order valence-corrected chi connectivity index (χ4v) is 3.80. The van der Waals surface area contributed by atoms with Crippen molar-refractivity contribution in [3.8, 4) is 5.75 Å². The van der Waals surface area contributed by atoms with E-state index in [9.17, 15) is 0 Å². The van der Waals surface area contributed by atoms with Crippen molar-refractivity contribution >= 4 is 0 Å². The number of ether oxygens (including phenoxy) is 2. The van der Waals surface area contributed by atoms with E-state index in [1.165, 1.54) is 12.0 Å². The van der Waals surface area contributed by atoms with Crippen molar-refractivity contribution in [2.24, 2.45) is 0 Å². The Morgan fingerprint density at radius 2 is 2.20 bits per heavy atom. The number of nitrogens with one attached hydrogen (secondary N) is 1. The van der Waals surface area contributed by atoms with E-state index in [1.807, 2.05) is 7.11 Å². The molecule has 0 amide bonds. The monoisotopic (exact) mass is 275 g/mol. The molecule has 1 aromatic carbocycles. The van der Waals surface area contributed by atoms with Gasteiger partial charge < -0.3 is 14.8 Å². The van der Waals surface area contributed by atoms with Gasteiger partial charge in [0.05, 0.1) is 6.10 Å². The lowest BCUT2D eigenvalue weighted by atomic mass is 9.76. The van der Waals surface area contributed by atoms with Crippen LogP contribution in [0.2, 0.25) is 0 Å². The zero-order chi connectivity index (χ0) is 14.0. The number of fused-ring (bicyclic) bond motifs is 1. The van der Waals surface area contributed by atoms with Gasteiger partial charge in [-0.3, -0.25) is 0 Å². The molecule has 0 saturated heterocycles. The van der Waals surface area contributed by atoms with Crippen molar-refractivity contribution in [2.75, 3.05) is 13.7 Å². The van der Waals surface area contributed by atoms with Gasteiger partial charge in [0.25, 0.3) is 0 Å². The van der Waals surface area contributed by atoms with E-state index >= 15 is 0 Å². The lowest BCUT2D eigenvalue weighted by Gasteiger charge is -2.46. The maximum atomic E-state index is 6.45. The molecular weight excluding hydrogens is 250 g/mol. The Bertz CT molecular complexity index is 462. The molecule has 1 N–H and O–H groups in total. The van der Waals surface area contributed by atoms with E-state index in [2.05, 4.69) is 36.5 Å². The average molecular weight is 275 g/mol. The van der Waals surface area contributed by atoms with E-state index in [1.54, 1.807) is 0 Å². The van der Waals surface area contributed by atoms with Gasteiger partial charge in [0.1, 0.15) is 11.4 Å². The van der Waals surface area contributed by atoms with E-state index in [0.29, 0.717) is 12.1 Å². The van der Waals surface area contributed by atoms with Crippen molar-refractivity contribution < 1.29 is 9.47 Å². The molecule has 3 unspecified atom stereocenters. The summed E-state index contributed by atoms with van der Waals surface area (Å²) < 4.78 is 12.1. The molecule has 3 nitrogen and oxygen atoms in total. The minimum Gasteiger partial charge on any atom is -0.487 e. The molecule has 1 fully saturated rings. The van der Waals surface area contributed by atoms with Crippen LogP contribution in [0.15, 0.2) is 24.3 Å². The van der Waals surface area contributed by atoms with Gasteiger partial charge in [-0.1, -0.05) is 25.1 Å². The molecule has 20 heavy (non-hydrogen) atoms. The van der Waals surface area contributed by atoms with Gasteiger partial charge in [0, 0.05) is 31.6 Å². The van der Waals surface area contributed by atoms with E-state index < -0.39 is 0 Å². The molecular formula is C17H25NO2. The minimum atomic E-state index is -0.0416. The Kier molecular flexibility index (Phi) is 3.99. The van der Waals surface area contributed by atoms with Crippen molar-refractivity contribution in [2.45, 2.75) is 56.8 Å². The summed E-state index contributed by atoms with van der Waals surface area (Å²) in [6.07, 6.45) is 5.91. The van der Waals surface area contributed by atoms with Crippen LogP contribution in [0, 0.1) is 0 Å².